The molecule has 2 aromatic rings. The summed E-state index contributed by atoms with van der Waals surface area (Å²) in [4.78, 5) is 0. The first-order chi connectivity index (χ1) is 9.72. The van der Waals surface area contributed by atoms with Gasteiger partial charge in [0, 0.05) is 22.1 Å². The monoisotopic (exact) mass is 349 g/mol. The number of hydrogen-bond acceptors (Lipinski definition) is 1. The van der Waals surface area contributed by atoms with Crippen molar-refractivity contribution in [1.29, 1.82) is 0 Å². The van der Waals surface area contributed by atoms with Gasteiger partial charge in [0.25, 0.3) is 0 Å². The zero-order valence-corrected chi connectivity index (χ0v) is 13.5. The summed E-state index contributed by atoms with van der Waals surface area (Å²) in [6, 6.07) is 17.1. The molecule has 3 heteroatoms. The highest BCUT2D eigenvalue weighted by Crippen LogP contribution is 2.41. The van der Waals surface area contributed by atoms with Gasteiger partial charge in [-0.05, 0) is 54.2 Å². The van der Waals surface area contributed by atoms with Gasteiger partial charge in [-0.15, -0.1) is 0 Å². The van der Waals surface area contributed by atoms with E-state index in [1.807, 2.05) is 12.1 Å². The molecule has 0 amide bonds. The van der Waals surface area contributed by atoms with E-state index in [0.29, 0.717) is 6.04 Å². The van der Waals surface area contributed by atoms with Crippen LogP contribution in [-0.2, 0) is 6.54 Å². The van der Waals surface area contributed by atoms with Gasteiger partial charge < -0.3 is 5.32 Å². The number of halogens is 2. The Bertz CT molecular complexity index is 578. The third kappa shape index (κ3) is 3.63. The molecule has 104 valence electrons. The zero-order chi connectivity index (χ0) is 13.9. The normalized spacial score (nSPS) is 16.1. The highest BCUT2D eigenvalue weighted by molar-refractivity contribution is 9.10. The second-order valence-corrected chi connectivity index (χ2v) is 6.73. The Kier molecular flexibility index (Phi) is 4.45. The molecular formula is C17H17BrClN. The summed E-state index contributed by atoms with van der Waals surface area (Å²) in [5.41, 5.74) is 2.64. The van der Waals surface area contributed by atoms with Crippen molar-refractivity contribution in [2.45, 2.75) is 25.4 Å². The second-order valence-electron chi connectivity index (χ2n) is 5.38. The molecule has 1 saturated carbocycles. The number of rotatable bonds is 5. The molecule has 2 aromatic carbocycles. The van der Waals surface area contributed by atoms with Gasteiger partial charge in [0.1, 0.15) is 0 Å². The van der Waals surface area contributed by atoms with Crippen molar-refractivity contribution < 1.29 is 0 Å². The third-order valence-corrected chi connectivity index (χ3v) is 4.48. The maximum atomic E-state index is 5.98. The predicted octanol–water partition coefficient (Wildman–Crippen LogP) is 5.34. The van der Waals surface area contributed by atoms with E-state index in [2.05, 4.69) is 57.6 Å². The Labute approximate surface area is 133 Å². The van der Waals surface area contributed by atoms with Crippen molar-refractivity contribution in [1.82, 2.24) is 5.32 Å². The summed E-state index contributed by atoms with van der Waals surface area (Å²) in [6.45, 7) is 0.892. The lowest BCUT2D eigenvalue weighted by Gasteiger charge is -2.19. The van der Waals surface area contributed by atoms with Crippen LogP contribution < -0.4 is 5.32 Å². The summed E-state index contributed by atoms with van der Waals surface area (Å²) >= 11 is 9.50. The maximum Gasteiger partial charge on any atom is 0.0406 e. The van der Waals surface area contributed by atoms with E-state index in [4.69, 9.17) is 11.6 Å². The molecule has 1 unspecified atom stereocenters. The van der Waals surface area contributed by atoms with Gasteiger partial charge in [-0.1, -0.05) is 51.8 Å². The van der Waals surface area contributed by atoms with Crippen LogP contribution in [0, 0.1) is 5.92 Å². The summed E-state index contributed by atoms with van der Waals surface area (Å²) in [6.07, 6.45) is 2.64. The summed E-state index contributed by atoms with van der Waals surface area (Å²) < 4.78 is 1.13. The lowest BCUT2D eigenvalue weighted by atomic mass is 10.0. The van der Waals surface area contributed by atoms with Crippen molar-refractivity contribution >= 4 is 27.5 Å². The maximum absolute atomic E-state index is 5.98. The van der Waals surface area contributed by atoms with E-state index in [-0.39, 0.29) is 0 Å². The average Bonchev–Trinajstić information content (AvgIpc) is 3.26. The van der Waals surface area contributed by atoms with Crippen molar-refractivity contribution in [3.8, 4) is 0 Å². The largest absolute Gasteiger partial charge is 0.306 e. The van der Waals surface area contributed by atoms with E-state index < -0.39 is 0 Å². The average molecular weight is 351 g/mol. The van der Waals surface area contributed by atoms with Gasteiger partial charge >= 0.3 is 0 Å². The second kappa shape index (κ2) is 6.30. The number of benzene rings is 2. The Balaban J connectivity index is 1.70. The lowest BCUT2D eigenvalue weighted by Crippen LogP contribution is -2.22. The Morgan fingerprint density at radius 2 is 1.90 bits per heavy atom. The molecule has 0 aromatic heterocycles. The molecule has 1 N–H and O–H groups in total. The summed E-state index contributed by atoms with van der Waals surface area (Å²) in [7, 11) is 0. The van der Waals surface area contributed by atoms with Crippen LogP contribution >= 0.6 is 27.5 Å². The van der Waals surface area contributed by atoms with Gasteiger partial charge in [0.2, 0.25) is 0 Å². The fourth-order valence-electron chi connectivity index (χ4n) is 2.53. The fourth-order valence-corrected chi connectivity index (χ4v) is 3.10. The van der Waals surface area contributed by atoms with E-state index in [1.165, 1.54) is 24.0 Å². The van der Waals surface area contributed by atoms with Crippen LogP contribution in [-0.4, -0.2) is 0 Å². The van der Waals surface area contributed by atoms with E-state index >= 15 is 0 Å². The van der Waals surface area contributed by atoms with Crippen LogP contribution in [0.4, 0.5) is 0 Å². The van der Waals surface area contributed by atoms with E-state index in [9.17, 15) is 0 Å². The van der Waals surface area contributed by atoms with Gasteiger partial charge in [-0.3, -0.25) is 0 Å². The molecule has 0 aliphatic heterocycles. The molecule has 1 nitrogen and oxygen atoms in total. The quantitative estimate of drug-likeness (QED) is 0.767. The number of hydrogen-bond donors (Lipinski definition) is 1. The fraction of sp³-hybridized carbons (Fsp3) is 0.294. The molecular weight excluding hydrogens is 334 g/mol. The molecule has 0 bridgehead atoms. The Morgan fingerprint density at radius 1 is 1.15 bits per heavy atom. The zero-order valence-electron chi connectivity index (χ0n) is 11.2. The molecule has 1 aliphatic rings. The highest BCUT2D eigenvalue weighted by atomic mass is 79.9. The van der Waals surface area contributed by atoms with Gasteiger partial charge in [-0.25, -0.2) is 0 Å². The minimum absolute atomic E-state index is 0.436. The molecule has 0 radical (unpaired) electrons. The molecule has 1 fully saturated rings. The van der Waals surface area contributed by atoms with Crippen molar-refractivity contribution in [3.05, 3.63) is 69.2 Å². The topological polar surface area (TPSA) is 12.0 Å². The molecule has 0 heterocycles. The first-order valence-corrected chi connectivity index (χ1v) is 8.13. The standard InChI is InChI=1S/C17H17BrClN/c18-15-3-1-2-12(10-15)11-20-17(13-4-5-13)14-6-8-16(19)9-7-14/h1-3,6-10,13,17,20H,4-5,11H2. The molecule has 3 rings (SSSR count). The van der Waals surface area contributed by atoms with Gasteiger partial charge in [-0.2, -0.15) is 0 Å². The minimum Gasteiger partial charge on any atom is -0.306 e. The van der Waals surface area contributed by atoms with Crippen LogP contribution in [0.25, 0.3) is 0 Å². The van der Waals surface area contributed by atoms with Crippen LogP contribution in [0.15, 0.2) is 53.0 Å². The SMILES string of the molecule is Clc1ccc(C(NCc2cccc(Br)c2)C2CC2)cc1. The van der Waals surface area contributed by atoms with Crippen molar-refractivity contribution in [2.75, 3.05) is 0 Å². The summed E-state index contributed by atoms with van der Waals surface area (Å²) in [5, 5.41) is 4.50. The molecule has 1 atom stereocenters. The van der Waals surface area contributed by atoms with Crippen LogP contribution in [0.3, 0.4) is 0 Å². The van der Waals surface area contributed by atoms with Crippen LogP contribution in [0.2, 0.25) is 5.02 Å². The molecule has 0 spiro atoms. The smallest absolute Gasteiger partial charge is 0.0406 e. The first kappa shape index (κ1) is 14.1. The van der Waals surface area contributed by atoms with Crippen molar-refractivity contribution in [3.63, 3.8) is 0 Å². The number of nitrogens with one attached hydrogen (secondary N) is 1. The lowest BCUT2D eigenvalue weighted by molar-refractivity contribution is 0.480. The predicted molar refractivity (Wildman–Crippen MR) is 87.9 cm³/mol. The minimum atomic E-state index is 0.436. The van der Waals surface area contributed by atoms with Crippen molar-refractivity contribution in [2.24, 2.45) is 5.92 Å². The van der Waals surface area contributed by atoms with Gasteiger partial charge in [0.15, 0.2) is 0 Å². The Morgan fingerprint density at radius 3 is 2.55 bits per heavy atom. The molecule has 0 saturated heterocycles. The van der Waals surface area contributed by atoms with Gasteiger partial charge in [0.05, 0.1) is 0 Å². The molecule has 1 aliphatic carbocycles. The van der Waals surface area contributed by atoms with Crippen LogP contribution in [0.5, 0.6) is 0 Å². The first-order valence-electron chi connectivity index (χ1n) is 6.95. The van der Waals surface area contributed by atoms with Crippen LogP contribution in [0.1, 0.15) is 30.0 Å². The molecule has 20 heavy (non-hydrogen) atoms. The van der Waals surface area contributed by atoms with E-state index in [1.54, 1.807) is 0 Å². The third-order valence-electron chi connectivity index (χ3n) is 3.74. The Hall–Kier alpha value is -0.830. The highest BCUT2D eigenvalue weighted by Gasteiger charge is 2.31. The van der Waals surface area contributed by atoms with E-state index in [0.717, 1.165) is 22.0 Å². The summed E-state index contributed by atoms with van der Waals surface area (Å²) in [5.74, 6) is 0.767.